The monoisotopic (exact) mass is 252 g/mol. The Morgan fingerprint density at radius 3 is 2.82 bits per heavy atom. The Labute approximate surface area is 109 Å². The second kappa shape index (κ2) is 5.51. The van der Waals surface area contributed by atoms with E-state index in [0.717, 1.165) is 19.5 Å². The van der Waals surface area contributed by atoms with E-state index in [-0.39, 0.29) is 0 Å². The van der Waals surface area contributed by atoms with E-state index in [1.807, 2.05) is 11.3 Å². The van der Waals surface area contributed by atoms with E-state index < -0.39 is 0 Å². The number of thiophene rings is 1. The van der Waals surface area contributed by atoms with Crippen LogP contribution in [-0.4, -0.2) is 24.0 Å². The summed E-state index contributed by atoms with van der Waals surface area (Å²) in [6.07, 6.45) is 2.36. The average Bonchev–Trinajstić information content (AvgIpc) is 2.60. The molecule has 2 N–H and O–H groups in total. The third-order valence-electron chi connectivity index (χ3n) is 3.94. The third-order valence-corrected chi connectivity index (χ3v) is 4.95. The van der Waals surface area contributed by atoms with Crippen molar-refractivity contribution in [3.8, 4) is 0 Å². The smallest absolute Gasteiger partial charge is 0.0244 e. The fraction of sp³-hybridized carbons (Fsp3) is 0.714. The van der Waals surface area contributed by atoms with Gasteiger partial charge in [0.15, 0.2) is 0 Å². The minimum atomic E-state index is 0.418. The van der Waals surface area contributed by atoms with Gasteiger partial charge in [0.25, 0.3) is 0 Å². The van der Waals surface area contributed by atoms with E-state index >= 15 is 0 Å². The van der Waals surface area contributed by atoms with Gasteiger partial charge in [-0.1, -0.05) is 13.3 Å². The fourth-order valence-corrected chi connectivity index (χ4v) is 3.72. The van der Waals surface area contributed by atoms with Crippen LogP contribution in [-0.2, 0) is 6.54 Å². The average molecular weight is 252 g/mol. The normalized spacial score (nSPS) is 26.4. The van der Waals surface area contributed by atoms with E-state index in [9.17, 15) is 0 Å². The van der Waals surface area contributed by atoms with Gasteiger partial charge in [-0.2, -0.15) is 0 Å². The molecule has 96 valence electrons. The van der Waals surface area contributed by atoms with Crippen LogP contribution >= 0.6 is 11.3 Å². The molecule has 1 saturated heterocycles. The highest BCUT2D eigenvalue weighted by molar-refractivity contribution is 7.12. The lowest BCUT2D eigenvalue weighted by molar-refractivity contribution is 0.145. The molecule has 1 aromatic rings. The number of piperidine rings is 1. The van der Waals surface area contributed by atoms with Gasteiger partial charge in [-0.15, -0.1) is 11.3 Å². The van der Waals surface area contributed by atoms with Crippen molar-refractivity contribution in [3.63, 3.8) is 0 Å². The molecule has 0 aromatic carbocycles. The van der Waals surface area contributed by atoms with Crippen LogP contribution in [0.4, 0.5) is 0 Å². The molecule has 2 nitrogen and oxygen atoms in total. The Morgan fingerprint density at radius 2 is 2.24 bits per heavy atom. The highest BCUT2D eigenvalue weighted by Gasteiger charge is 2.25. The van der Waals surface area contributed by atoms with Gasteiger partial charge in [0.1, 0.15) is 0 Å². The summed E-state index contributed by atoms with van der Waals surface area (Å²) in [7, 11) is 0. The van der Waals surface area contributed by atoms with Crippen molar-refractivity contribution in [1.82, 2.24) is 4.90 Å². The number of nitrogens with two attached hydrogens (primary N) is 1. The third kappa shape index (κ3) is 3.09. The molecule has 2 unspecified atom stereocenters. The van der Waals surface area contributed by atoms with E-state index in [4.69, 9.17) is 5.73 Å². The minimum absolute atomic E-state index is 0.418. The van der Waals surface area contributed by atoms with Crippen LogP contribution < -0.4 is 5.73 Å². The number of likely N-dealkylation sites (tertiary alicyclic amines) is 1. The summed E-state index contributed by atoms with van der Waals surface area (Å²) in [5.41, 5.74) is 7.67. The molecule has 1 fully saturated rings. The summed E-state index contributed by atoms with van der Waals surface area (Å²) in [5.74, 6) is 0.684. The van der Waals surface area contributed by atoms with E-state index in [2.05, 4.69) is 31.7 Å². The van der Waals surface area contributed by atoms with Gasteiger partial charge in [-0.25, -0.2) is 0 Å². The Balaban J connectivity index is 1.98. The van der Waals surface area contributed by atoms with Gasteiger partial charge in [-0.3, -0.25) is 4.90 Å². The summed E-state index contributed by atoms with van der Waals surface area (Å²) in [4.78, 5) is 5.48. The first kappa shape index (κ1) is 13.1. The van der Waals surface area contributed by atoms with Crippen molar-refractivity contribution < 1.29 is 0 Å². The number of aryl methyl sites for hydroxylation is 2. The molecule has 1 aliphatic rings. The van der Waals surface area contributed by atoms with Gasteiger partial charge in [-0.05, 0) is 44.4 Å². The SMILES string of the molecule is CCC1CN(Cc2cc(C)sc2C)CCC1N. The first-order valence-electron chi connectivity index (χ1n) is 6.64. The van der Waals surface area contributed by atoms with Gasteiger partial charge in [0, 0.05) is 28.9 Å². The highest BCUT2D eigenvalue weighted by atomic mass is 32.1. The van der Waals surface area contributed by atoms with Crippen molar-refractivity contribution in [2.45, 2.75) is 46.2 Å². The molecule has 0 spiro atoms. The number of nitrogens with zero attached hydrogens (tertiary/aromatic N) is 1. The molecule has 1 aromatic heterocycles. The molecule has 2 rings (SSSR count). The minimum Gasteiger partial charge on any atom is -0.327 e. The van der Waals surface area contributed by atoms with Crippen LogP contribution in [0.2, 0.25) is 0 Å². The lowest BCUT2D eigenvalue weighted by Crippen LogP contribution is -2.46. The van der Waals surface area contributed by atoms with Crippen molar-refractivity contribution in [1.29, 1.82) is 0 Å². The molecule has 0 saturated carbocycles. The maximum Gasteiger partial charge on any atom is 0.0244 e. The molecule has 2 heterocycles. The lowest BCUT2D eigenvalue weighted by atomic mass is 9.90. The Hall–Kier alpha value is -0.380. The summed E-state index contributed by atoms with van der Waals surface area (Å²) in [5, 5.41) is 0. The highest BCUT2D eigenvalue weighted by Crippen LogP contribution is 2.25. The maximum atomic E-state index is 6.15. The van der Waals surface area contributed by atoms with Crippen LogP contribution in [0, 0.1) is 19.8 Å². The standard InChI is InChI=1S/C14H24N2S/c1-4-12-8-16(6-5-14(12)15)9-13-7-10(2)17-11(13)3/h7,12,14H,4-6,8-9,15H2,1-3H3. The second-order valence-electron chi connectivity index (χ2n) is 5.29. The zero-order valence-electron chi connectivity index (χ0n) is 11.2. The predicted octanol–water partition coefficient (Wildman–Crippen LogP) is 2.92. The topological polar surface area (TPSA) is 29.3 Å². The quantitative estimate of drug-likeness (QED) is 0.896. The number of hydrogen-bond donors (Lipinski definition) is 1. The second-order valence-corrected chi connectivity index (χ2v) is 6.75. The van der Waals surface area contributed by atoms with Crippen molar-refractivity contribution >= 4 is 11.3 Å². The zero-order valence-corrected chi connectivity index (χ0v) is 12.0. The Morgan fingerprint density at radius 1 is 1.47 bits per heavy atom. The molecule has 0 radical (unpaired) electrons. The van der Waals surface area contributed by atoms with E-state index in [0.29, 0.717) is 12.0 Å². The molecule has 0 aliphatic carbocycles. The fourth-order valence-electron chi connectivity index (χ4n) is 2.78. The molecular formula is C14H24N2S. The largest absolute Gasteiger partial charge is 0.327 e. The first-order chi connectivity index (χ1) is 8.10. The van der Waals surface area contributed by atoms with Gasteiger partial charge >= 0.3 is 0 Å². The van der Waals surface area contributed by atoms with Crippen LogP contribution in [0.1, 0.15) is 35.1 Å². The summed E-state index contributed by atoms with van der Waals surface area (Å²) >= 11 is 1.91. The number of rotatable bonds is 3. The summed E-state index contributed by atoms with van der Waals surface area (Å²) in [6.45, 7) is 10.1. The molecule has 2 atom stereocenters. The first-order valence-corrected chi connectivity index (χ1v) is 7.45. The summed E-state index contributed by atoms with van der Waals surface area (Å²) < 4.78 is 0. The number of hydrogen-bond acceptors (Lipinski definition) is 3. The van der Waals surface area contributed by atoms with Crippen LogP contribution in [0.5, 0.6) is 0 Å². The molecule has 0 amide bonds. The van der Waals surface area contributed by atoms with Crippen LogP contribution in [0.3, 0.4) is 0 Å². The zero-order chi connectivity index (χ0) is 12.4. The van der Waals surface area contributed by atoms with Crippen LogP contribution in [0.25, 0.3) is 0 Å². The Bertz CT molecular complexity index is 372. The van der Waals surface area contributed by atoms with Gasteiger partial charge < -0.3 is 5.73 Å². The molecule has 0 bridgehead atoms. The molecule has 1 aliphatic heterocycles. The van der Waals surface area contributed by atoms with Gasteiger partial charge in [0.2, 0.25) is 0 Å². The van der Waals surface area contributed by atoms with Crippen molar-refractivity contribution in [2.75, 3.05) is 13.1 Å². The predicted molar refractivity (Wildman–Crippen MR) is 75.4 cm³/mol. The van der Waals surface area contributed by atoms with E-state index in [1.54, 1.807) is 0 Å². The van der Waals surface area contributed by atoms with E-state index in [1.165, 1.54) is 28.3 Å². The molecule has 17 heavy (non-hydrogen) atoms. The molecule has 3 heteroatoms. The van der Waals surface area contributed by atoms with Crippen molar-refractivity contribution in [3.05, 3.63) is 21.4 Å². The van der Waals surface area contributed by atoms with Gasteiger partial charge in [0.05, 0.1) is 0 Å². The van der Waals surface area contributed by atoms with Crippen molar-refractivity contribution in [2.24, 2.45) is 11.7 Å². The summed E-state index contributed by atoms with van der Waals surface area (Å²) in [6, 6.07) is 2.76. The maximum absolute atomic E-state index is 6.15. The molecular weight excluding hydrogens is 228 g/mol. The lowest BCUT2D eigenvalue weighted by Gasteiger charge is -2.36. The Kier molecular flexibility index (Phi) is 4.23. The van der Waals surface area contributed by atoms with Crippen LogP contribution in [0.15, 0.2) is 6.07 Å².